The summed E-state index contributed by atoms with van der Waals surface area (Å²) in [5.74, 6) is -0.422. The number of benzene rings is 3. The van der Waals surface area contributed by atoms with E-state index in [4.69, 9.17) is 0 Å². The van der Waals surface area contributed by atoms with Gasteiger partial charge in [-0.25, -0.2) is 0 Å². The van der Waals surface area contributed by atoms with Crippen molar-refractivity contribution in [3.8, 4) is 0 Å². The van der Waals surface area contributed by atoms with Crippen molar-refractivity contribution in [2.75, 3.05) is 0 Å². The van der Waals surface area contributed by atoms with E-state index in [2.05, 4.69) is 98.8 Å². The predicted molar refractivity (Wildman–Crippen MR) is 111 cm³/mol. The molecule has 3 aromatic carbocycles. The van der Waals surface area contributed by atoms with Crippen LogP contribution in [0.5, 0.6) is 0 Å². The molecule has 0 N–H and O–H groups in total. The average molecular weight is 379 g/mol. The lowest BCUT2D eigenvalue weighted by Crippen LogP contribution is -2.19. The lowest BCUT2D eigenvalue weighted by molar-refractivity contribution is -0.305. The summed E-state index contributed by atoms with van der Waals surface area (Å²) in [4.78, 5) is 13.4. The van der Waals surface area contributed by atoms with Crippen LogP contribution in [0, 0.1) is 0 Å². The van der Waals surface area contributed by atoms with Crippen LogP contribution in [0.25, 0.3) is 0 Å². The Kier molecular flexibility index (Phi) is 8.15. The molecule has 0 saturated carbocycles. The van der Waals surface area contributed by atoms with E-state index in [0.29, 0.717) is 5.92 Å². The highest BCUT2D eigenvalue weighted by Gasteiger charge is 2.28. The van der Waals surface area contributed by atoms with Crippen LogP contribution in [-0.2, 0) is 15.7 Å². The molecule has 0 aliphatic carbocycles. The zero-order valence-electron chi connectivity index (χ0n) is 16.1. The smallest absolute Gasteiger partial charge is 0.166 e. The fourth-order valence-electron chi connectivity index (χ4n) is 2.51. The first-order valence-corrected chi connectivity index (χ1v) is 10.4. The summed E-state index contributed by atoms with van der Waals surface area (Å²) in [5, 5.41) is 9.26. The Balaban J connectivity index is 0.000000465. The largest absolute Gasteiger partial charge is 0.550 e. The minimum atomic E-state index is -0.995. The second-order valence-electron chi connectivity index (χ2n) is 6.38. The lowest BCUT2D eigenvalue weighted by Gasteiger charge is -2.09. The van der Waals surface area contributed by atoms with Gasteiger partial charge in [-0.15, -0.1) is 0 Å². The van der Waals surface area contributed by atoms with E-state index in [-0.39, 0.29) is 17.3 Å². The molecule has 27 heavy (non-hydrogen) atoms. The number of rotatable bonds is 5. The van der Waals surface area contributed by atoms with Crippen LogP contribution in [0.3, 0.4) is 0 Å². The molecule has 0 heterocycles. The van der Waals surface area contributed by atoms with Crippen LogP contribution < -0.4 is 5.11 Å². The molecule has 0 bridgehead atoms. The van der Waals surface area contributed by atoms with Crippen molar-refractivity contribution in [3.05, 3.63) is 90.5 Å². The topological polar surface area (TPSA) is 40.1 Å². The third-order valence-corrected chi connectivity index (χ3v) is 6.26. The van der Waals surface area contributed by atoms with Crippen molar-refractivity contribution in [2.45, 2.75) is 47.8 Å². The Labute approximate surface area is 165 Å². The Morgan fingerprint density at radius 1 is 0.778 bits per heavy atom. The Bertz CT molecular complexity index is 773. The zero-order valence-corrected chi connectivity index (χ0v) is 16.9. The van der Waals surface area contributed by atoms with Gasteiger partial charge in [-0.3, -0.25) is 0 Å². The molecule has 2 nitrogen and oxygen atoms in total. The van der Waals surface area contributed by atoms with Gasteiger partial charge in [0.05, 0.1) is 10.9 Å². The van der Waals surface area contributed by atoms with E-state index >= 15 is 0 Å². The molecule has 0 amide bonds. The minimum Gasteiger partial charge on any atom is -0.550 e. The van der Waals surface area contributed by atoms with E-state index in [1.165, 1.54) is 27.2 Å². The van der Waals surface area contributed by atoms with E-state index < -0.39 is 5.97 Å². The number of aliphatic carboxylic acids is 1. The molecule has 3 rings (SSSR count). The van der Waals surface area contributed by atoms with Crippen LogP contribution >= 0.6 is 0 Å². The van der Waals surface area contributed by atoms with Gasteiger partial charge in [0, 0.05) is 5.97 Å². The molecule has 0 saturated heterocycles. The van der Waals surface area contributed by atoms with Crippen molar-refractivity contribution < 1.29 is 9.90 Å². The average Bonchev–Trinajstić information content (AvgIpc) is 2.71. The van der Waals surface area contributed by atoms with Crippen molar-refractivity contribution in [2.24, 2.45) is 0 Å². The van der Waals surface area contributed by atoms with Gasteiger partial charge in [-0.05, 0) is 54.3 Å². The van der Waals surface area contributed by atoms with E-state index in [1.54, 1.807) is 0 Å². The molecule has 0 fully saturated rings. The van der Waals surface area contributed by atoms with Crippen molar-refractivity contribution in [1.82, 2.24) is 0 Å². The molecule has 0 spiro atoms. The van der Waals surface area contributed by atoms with Gasteiger partial charge in [0.1, 0.15) is 0 Å². The highest BCUT2D eigenvalue weighted by atomic mass is 32.2. The maximum Gasteiger partial charge on any atom is 0.166 e. The molecular formula is C24H26O2S. The molecule has 0 atom stereocenters. The van der Waals surface area contributed by atoms with Gasteiger partial charge in [-0.1, -0.05) is 69.3 Å². The highest BCUT2D eigenvalue weighted by Crippen LogP contribution is 2.31. The maximum absolute atomic E-state index is 9.26. The number of carbonyl (C=O) groups is 1. The maximum atomic E-state index is 9.26. The van der Waals surface area contributed by atoms with Gasteiger partial charge in [0.2, 0.25) is 0 Å². The number of hydrogen-bond acceptors (Lipinski definition) is 2. The summed E-state index contributed by atoms with van der Waals surface area (Å²) < 4.78 is 0. The molecule has 0 unspecified atom stereocenters. The van der Waals surface area contributed by atoms with Crippen LogP contribution in [0.1, 0.15) is 38.7 Å². The predicted octanol–water partition coefficient (Wildman–Crippen LogP) is 5.05. The van der Waals surface area contributed by atoms with Crippen molar-refractivity contribution >= 4 is 16.9 Å². The van der Waals surface area contributed by atoms with Gasteiger partial charge >= 0.3 is 0 Å². The summed E-state index contributed by atoms with van der Waals surface area (Å²) in [6.07, 6.45) is 0.111. The second-order valence-corrected chi connectivity index (χ2v) is 8.41. The first-order valence-electron chi connectivity index (χ1n) is 9.17. The van der Waals surface area contributed by atoms with Crippen LogP contribution in [0.4, 0.5) is 0 Å². The summed E-state index contributed by atoms with van der Waals surface area (Å²) in [7, 11) is -0.0361. The number of carboxylic acid groups (broad SMARTS) is 1. The van der Waals surface area contributed by atoms with Crippen molar-refractivity contribution in [1.29, 1.82) is 0 Å². The first kappa shape index (κ1) is 20.8. The standard InChI is InChI=1S/C21H21S.C3H6O2/c1-17(2)18-13-15-21(16-14-18)22(19-9-5-3-6-10-19)20-11-7-4-8-12-20;1-2-3(4)5/h3-17H,1-2H3;2H2,1H3,(H,4,5)/q+1;/p-1. The molecule has 0 aromatic heterocycles. The summed E-state index contributed by atoms with van der Waals surface area (Å²) in [6, 6.07) is 30.7. The number of carboxylic acids is 1. The van der Waals surface area contributed by atoms with Crippen LogP contribution in [0.15, 0.2) is 99.6 Å². The van der Waals surface area contributed by atoms with Gasteiger partial charge < -0.3 is 9.90 Å². The molecule has 3 aromatic rings. The zero-order chi connectivity index (χ0) is 19.6. The Morgan fingerprint density at radius 2 is 1.15 bits per heavy atom. The van der Waals surface area contributed by atoms with Gasteiger partial charge in [0.15, 0.2) is 14.7 Å². The van der Waals surface area contributed by atoms with Crippen LogP contribution in [-0.4, -0.2) is 5.97 Å². The quantitative estimate of drug-likeness (QED) is 0.583. The Morgan fingerprint density at radius 3 is 1.48 bits per heavy atom. The Hall–Kier alpha value is -2.52. The second kappa shape index (κ2) is 10.6. The minimum absolute atomic E-state index is 0.0361. The molecule has 140 valence electrons. The number of carbonyl (C=O) groups excluding carboxylic acids is 1. The lowest BCUT2D eigenvalue weighted by atomic mass is 10.0. The highest BCUT2D eigenvalue weighted by molar-refractivity contribution is 7.97. The monoisotopic (exact) mass is 378 g/mol. The van der Waals surface area contributed by atoms with Crippen LogP contribution in [0.2, 0.25) is 0 Å². The molecule has 3 heteroatoms. The molecule has 0 radical (unpaired) electrons. The fraction of sp³-hybridized carbons (Fsp3) is 0.208. The summed E-state index contributed by atoms with van der Waals surface area (Å²) in [5.41, 5.74) is 1.40. The first-order chi connectivity index (χ1) is 13.0. The molecule has 0 aliphatic heterocycles. The SMILES string of the molecule is CC(C)c1ccc([S+](c2ccccc2)c2ccccc2)cc1.CCC(=O)[O-]. The fourth-order valence-corrected chi connectivity index (χ4v) is 4.59. The molecule has 0 aliphatic rings. The van der Waals surface area contributed by atoms with Crippen molar-refractivity contribution in [3.63, 3.8) is 0 Å². The normalized spacial score (nSPS) is 10.4. The summed E-state index contributed by atoms with van der Waals surface area (Å²) in [6.45, 7) is 6.02. The summed E-state index contributed by atoms with van der Waals surface area (Å²) >= 11 is 0. The number of hydrogen-bond donors (Lipinski definition) is 0. The third-order valence-electron chi connectivity index (χ3n) is 4.03. The van der Waals surface area contributed by atoms with E-state index in [0.717, 1.165) is 0 Å². The van der Waals surface area contributed by atoms with E-state index in [1.807, 2.05) is 0 Å². The van der Waals surface area contributed by atoms with Gasteiger partial charge in [0.25, 0.3) is 0 Å². The van der Waals surface area contributed by atoms with Gasteiger partial charge in [-0.2, -0.15) is 0 Å². The van der Waals surface area contributed by atoms with E-state index in [9.17, 15) is 9.90 Å². The molecular weight excluding hydrogens is 352 g/mol. The third kappa shape index (κ3) is 6.30.